The Morgan fingerprint density at radius 2 is 2.20 bits per heavy atom. The highest BCUT2D eigenvalue weighted by Gasteiger charge is 2.34. The predicted molar refractivity (Wildman–Crippen MR) is 107 cm³/mol. The summed E-state index contributed by atoms with van der Waals surface area (Å²) in [6.45, 7) is 1.80. The SMILES string of the molecule is COC(=O)C[C@@H]1COc2cc(OC3CN(c4nc(C5CC5)ncc4C#N)C3)ccc21. The average molecular weight is 406 g/mol. The van der Waals surface area contributed by atoms with Crippen LogP contribution in [0.3, 0.4) is 0 Å². The fraction of sp³-hybridized carbons (Fsp3) is 0.455. The molecule has 5 rings (SSSR count). The van der Waals surface area contributed by atoms with Gasteiger partial charge >= 0.3 is 5.97 Å². The lowest BCUT2D eigenvalue weighted by Gasteiger charge is -2.40. The summed E-state index contributed by atoms with van der Waals surface area (Å²) in [4.78, 5) is 22.6. The van der Waals surface area contributed by atoms with Crippen molar-refractivity contribution < 1.29 is 19.0 Å². The molecule has 8 heteroatoms. The minimum atomic E-state index is -0.238. The molecule has 1 aromatic carbocycles. The maximum Gasteiger partial charge on any atom is 0.306 e. The van der Waals surface area contributed by atoms with Gasteiger partial charge in [0, 0.05) is 23.5 Å². The minimum Gasteiger partial charge on any atom is -0.492 e. The lowest BCUT2D eigenvalue weighted by molar-refractivity contribution is -0.141. The van der Waals surface area contributed by atoms with Crippen LogP contribution in [0.2, 0.25) is 0 Å². The zero-order valence-electron chi connectivity index (χ0n) is 16.7. The smallest absolute Gasteiger partial charge is 0.306 e. The number of ether oxygens (including phenoxy) is 3. The summed E-state index contributed by atoms with van der Waals surface area (Å²) >= 11 is 0. The molecule has 3 aliphatic rings. The van der Waals surface area contributed by atoms with Crippen LogP contribution in [0.25, 0.3) is 0 Å². The van der Waals surface area contributed by atoms with Crippen molar-refractivity contribution in [3.05, 3.63) is 41.3 Å². The first-order chi connectivity index (χ1) is 14.6. The predicted octanol–water partition coefficient (Wildman–Crippen LogP) is 2.53. The fourth-order valence-electron chi connectivity index (χ4n) is 3.91. The molecule has 154 valence electrons. The number of carbonyl (C=O) groups excluding carboxylic acids is 1. The quantitative estimate of drug-likeness (QED) is 0.675. The van der Waals surface area contributed by atoms with Crippen molar-refractivity contribution in [1.29, 1.82) is 5.26 Å². The van der Waals surface area contributed by atoms with Gasteiger partial charge in [0.2, 0.25) is 0 Å². The van der Waals surface area contributed by atoms with E-state index in [0.717, 1.165) is 35.7 Å². The number of nitrogens with zero attached hydrogens (tertiary/aromatic N) is 4. The van der Waals surface area contributed by atoms with Crippen LogP contribution in [0.1, 0.15) is 48.0 Å². The number of hydrogen-bond donors (Lipinski definition) is 0. The number of anilines is 1. The molecule has 2 fully saturated rings. The molecule has 0 N–H and O–H groups in total. The molecule has 1 aliphatic carbocycles. The zero-order valence-corrected chi connectivity index (χ0v) is 16.7. The first kappa shape index (κ1) is 18.7. The second kappa shape index (κ2) is 7.48. The molecular formula is C22H22N4O4. The number of fused-ring (bicyclic) bond motifs is 1. The molecule has 30 heavy (non-hydrogen) atoms. The number of rotatable bonds is 6. The Morgan fingerprint density at radius 1 is 1.37 bits per heavy atom. The van der Waals surface area contributed by atoms with Gasteiger partial charge in [-0.1, -0.05) is 6.07 Å². The van der Waals surface area contributed by atoms with Crippen LogP contribution >= 0.6 is 0 Å². The topological polar surface area (TPSA) is 97.6 Å². The highest BCUT2D eigenvalue weighted by molar-refractivity contribution is 5.71. The van der Waals surface area contributed by atoms with Crippen LogP contribution in [-0.4, -0.2) is 48.8 Å². The third kappa shape index (κ3) is 3.52. The van der Waals surface area contributed by atoms with Gasteiger partial charge in [0.05, 0.1) is 39.4 Å². The molecule has 2 aromatic rings. The summed E-state index contributed by atoms with van der Waals surface area (Å²) in [5, 5.41) is 9.38. The second-order valence-electron chi connectivity index (χ2n) is 7.98. The summed E-state index contributed by atoms with van der Waals surface area (Å²) in [7, 11) is 1.39. The van der Waals surface area contributed by atoms with Gasteiger partial charge < -0.3 is 19.1 Å². The van der Waals surface area contributed by atoms with Gasteiger partial charge in [-0.05, 0) is 18.9 Å². The number of hydrogen-bond acceptors (Lipinski definition) is 8. The van der Waals surface area contributed by atoms with E-state index >= 15 is 0 Å². The van der Waals surface area contributed by atoms with Crippen molar-refractivity contribution >= 4 is 11.8 Å². The zero-order chi connectivity index (χ0) is 20.7. The molecule has 8 nitrogen and oxygen atoms in total. The maximum absolute atomic E-state index is 11.6. The van der Waals surface area contributed by atoms with Gasteiger partial charge in [0.15, 0.2) is 5.82 Å². The molecule has 0 radical (unpaired) electrons. The largest absolute Gasteiger partial charge is 0.492 e. The summed E-state index contributed by atoms with van der Waals surface area (Å²) < 4.78 is 16.6. The normalized spacial score (nSPS) is 20.0. The van der Waals surface area contributed by atoms with Crippen LogP contribution in [0, 0.1) is 11.3 Å². The Kier molecular flexibility index (Phi) is 4.66. The maximum atomic E-state index is 11.6. The standard InChI is InChI=1S/C22H22N4O4/c1-28-20(27)6-14-12-29-19-7-16(4-5-18(14)19)30-17-10-26(11-17)22-15(8-23)9-24-21(25-22)13-2-3-13/h4-5,7,9,13-14,17H,2-3,6,10-12H2,1H3/t14-/m1/s1. The summed E-state index contributed by atoms with van der Waals surface area (Å²) in [6.07, 6.45) is 4.20. The third-order valence-corrected chi connectivity index (χ3v) is 5.81. The van der Waals surface area contributed by atoms with E-state index < -0.39 is 0 Å². The highest BCUT2D eigenvalue weighted by Crippen LogP contribution is 2.40. The van der Waals surface area contributed by atoms with Crippen LogP contribution in [0.5, 0.6) is 11.5 Å². The summed E-state index contributed by atoms with van der Waals surface area (Å²) in [5.41, 5.74) is 1.51. The van der Waals surface area contributed by atoms with Crippen LogP contribution in [0.15, 0.2) is 24.4 Å². The van der Waals surface area contributed by atoms with E-state index in [2.05, 4.69) is 20.9 Å². The third-order valence-electron chi connectivity index (χ3n) is 5.81. The number of benzene rings is 1. The van der Waals surface area contributed by atoms with E-state index in [1.54, 1.807) is 6.20 Å². The molecule has 0 bridgehead atoms. The monoisotopic (exact) mass is 406 g/mol. The van der Waals surface area contributed by atoms with E-state index in [9.17, 15) is 10.1 Å². The average Bonchev–Trinajstić information content (AvgIpc) is 3.52. The Bertz CT molecular complexity index is 1020. The molecule has 0 unspecified atom stereocenters. The molecule has 1 atom stereocenters. The minimum absolute atomic E-state index is 0.0150. The lowest BCUT2D eigenvalue weighted by Crippen LogP contribution is -2.54. The Morgan fingerprint density at radius 3 is 2.93 bits per heavy atom. The molecule has 1 aromatic heterocycles. The molecule has 3 heterocycles. The molecule has 2 aliphatic heterocycles. The molecule has 1 saturated heterocycles. The number of carbonyl (C=O) groups is 1. The van der Waals surface area contributed by atoms with E-state index in [-0.39, 0.29) is 18.0 Å². The van der Waals surface area contributed by atoms with Gasteiger partial charge in [0.1, 0.15) is 35.1 Å². The second-order valence-corrected chi connectivity index (χ2v) is 7.98. The summed E-state index contributed by atoms with van der Waals surface area (Å²) in [5.74, 6) is 3.26. The van der Waals surface area contributed by atoms with E-state index in [0.29, 0.717) is 43.4 Å². The molecule has 1 saturated carbocycles. The number of nitriles is 1. The first-order valence-electron chi connectivity index (χ1n) is 10.2. The van der Waals surface area contributed by atoms with Crippen molar-refractivity contribution in [2.24, 2.45) is 0 Å². The number of aromatic nitrogens is 2. The Balaban J connectivity index is 1.22. The Labute approximate surface area is 174 Å². The molecule has 0 amide bonds. The lowest BCUT2D eigenvalue weighted by atomic mass is 9.98. The van der Waals surface area contributed by atoms with E-state index in [4.69, 9.17) is 14.2 Å². The fourth-order valence-corrected chi connectivity index (χ4v) is 3.91. The van der Waals surface area contributed by atoms with E-state index in [1.807, 2.05) is 18.2 Å². The molecular weight excluding hydrogens is 384 g/mol. The van der Waals surface area contributed by atoms with Crippen molar-refractivity contribution in [2.45, 2.75) is 37.2 Å². The van der Waals surface area contributed by atoms with Crippen LogP contribution < -0.4 is 14.4 Å². The van der Waals surface area contributed by atoms with E-state index in [1.165, 1.54) is 7.11 Å². The first-order valence-corrected chi connectivity index (χ1v) is 10.2. The van der Waals surface area contributed by atoms with Gasteiger partial charge in [-0.15, -0.1) is 0 Å². The number of methoxy groups -OCH3 is 1. The van der Waals surface area contributed by atoms with Gasteiger partial charge in [-0.25, -0.2) is 9.97 Å². The van der Waals surface area contributed by atoms with Crippen molar-refractivity contribution in [3.8, 4) is 17.6 Å². The van der Waals surface area contributed by atoms with Crippen molar-refractivity contribution in [1.82, 2.24) is 9.97 Å². The number of esters is 1. The Hall–Kier alpha value is -3.34. The summed E-state index contributed by atoms with van der Waals surface area (Å²) in [6, 6.07) is 7.94. The van der Waals surface area contributed by atoms with Gasteiger partial charge in [-0.3, -0.25) is 4.79 Å². The van der Waals surface area contributed by atoms with Crippen molar-refractivity contribution in [2.75, 3.05) is 31.7 Å². The highest BCUT2D eigenvalue weighted by atomic mass is 16.5. The molecule has 0 spiro atoms. The van der Waals surface area contributed by atoms with Crippen molar-refractivity contribution in [3.63, 3.8) is 0 Å². The van der Waals surface area contributed by atoms with Gasteiger partial charge in [-0.2, -0.15) is 5.26 Å². The van der Waals surface area contributed by atoms with Gasteiger partial charge in [0.25, 0.3) is 0 Å². The van der Waals surface area contributed by atoms with Crippen LogP contribution in [0.4, 0.5) is 5.82 Å². The van der Waals surface area contributed by atoms with Crippen LogP contribution in [-0.2, 0) is 9.53 Å².